The largest absolute Gasteiger partial charge is 0.384 e. The lowest BCUT2D eigenvalue weighted by Gasteiger charge is -2.37. The highest BCUT2D eigenvalue weighted by atomic mass is 19.1. The Morgan fingerprint density at radius 3 is 2.43 bits per heavy atom. The van der Waals surface area contributed by atoms with Gasteiger partial charge < -0.3 is 24.5 Å². The van der Waals surface area contributed by atoms with Crippen LogP contribution in [0.3, 0.4) is 0 Å². The molecule has 1 aliphatic carbocycles. The highest BCUT2D eigenvalue weighted by Crippen LogP contribution is 2.46. The van der Waals surface area contributed by atoms with E-state index in [1.165, 1.54) is 12.1 Å². The molecule has 1 saturated heterocycles. The zero-order valence-corrected chi connectivity index (χ0v) is 21.1. The Hall–Kier alpha value is -3.91. The lowest BCUT2D eigenvalue weighted by Crippen LogP contribution is -2.46. The molecule has 1 fully saturated rings. The van der Waals surface area contributed by atoms with E-state index in [9.17, 15) is 9.18 Å². The number of carbonyl (C=O) groups excluding carboxylic acids is 1. The third-order valence-electron chi connectivity index (χ3n) is 7.29. The van der Waals surface area contributed by atoms with Crippen molar-refractivity contribution in [1.82, 2.24) is 10.1 Å². The molecule has 0 unspecified atom stereocenters. The molecule has 0 radical (unpaired) electrons. The van der Waals surface area contributed by atoms with Crippen LogP contribution in [0.4, 0.5) is 21.5 Å². The minimum Gasteiger partial charge on any atom is -0.384 e. The summed E-state index contributed by atoms with van der Waals surface area (Å²) in [5.41, 5.74) is 5.61. The van der Waals surface area contributed by atoms with Crippen LogP contribution >= 0.6 is 0 Å². The Morgan fingerprint density at radius 1 is 1.00 bits per heavy atom. The summed E-state index contributed by atoms with van der Waals surface area (Å²) in [6, 6.07) is 16.3. The molecule has 0 atom stereocenters. The molecule has 0 bridgehead atoms. The smallest absolute Gasteiger partial charge is 0.196 e. The fraction of sp³-hybridized carbons (Fsp3) is 0.310. The molecule has 1 aromatic heterocycles. The average molecular weight is 500 g/mol. The highest BCUT2D eigenvalue weighted by molar-refractivity contribution is 6.28. The lowest BCUT2D eigenvalue weighted by atomic mass is 9.86. The molecule has 2 heterocycles. The topological polar surface area (TPSA) is 64.8 Å². The van der Waals surface area contributed by atoms with E-state index in [-0.39, 0.29) is 11.6 Å². The van der Waals surface area contributed by atoms with Crippen molar-refractivity contribution in [3.8, 4) is 11.3 Å². The van der Waals surface area contributed by atoms with Crippen LogP contribution in [0.15, 0.2) is 59.1 Å². The molecular weight excluding hydrogens is 469 g/mol. The minimum atomic E-state index is -0.227. The predicted molar refractivity (Wildman–Crippen MR) is 145 cm³/mol. The van der Waals surface area contributed by atoms with Gasteiger partial charge in [0.1, 0.15) is 11.3 Å². The van der Waals surface area contributed by atoms with Gasteiger partial charge in [-0.25, -0.2) is 4.39 Å². The van der Waals surface area contributed by atoms with E-state index in [1.54, 1.807) is 0 Å². The Morgan fingerprint density at radius 2 is 1.70 bits per heavy atom. The first-order valence-electron chi connectivity index (χ1n) is 12.8. The van der Waals surface area contributed by atoms with Crippen molar-refractivity contribution in [1.29, 1.82) is 0 Å². The van der Waals surface area contributed by atoms with Gasteiger partial charge in [0.05, 0.1) is 16.6 Å². The number of aromatic nitrogens is 1. The molecule has 0 spiro atoms. The van der Waals surface area contributed by atoms with Gasteiger partial charge in [-0.3, -0.25) is 4.79 Å². The molecular formula is C29H30FN5O2. The SMILES string of the molecule is CN(C)CCCNc1cc(N2CCN(c3ccc(F)cc3)CC2)c2noc3c2c1C(=O)c1ccccc1-3. The number of ketones is 1. The second-order valence-electron chi connectivity index (χ2n) is 9.96. The van der Waals surface area contributed by atoms with Gasteiger partial charge in [-0.15, -0.1) is 0 Å². The lowest BCUT2D eigenvalue weighted by molar-refractivity contribution is 0.104. The van der Waals surface area contributed by atoms with Gasteiger partial charge in [-0.2, -0.15) is 0 Å². The number of carbonyl (C=O) groups is 1. The molecule has 37 heavy (non-hydrogen) atoms. The molecule has 3 aromatic carbocycles. The predicted octanol–water partition coefficient (Wildman–Crippen LogP) is 4.87. The van der Waals surface area contributed by atoms with E-state index in [4.69, 9.17) is 4.52 Å². The molecule has 4 aromatic rings. The first-order valence-corrected chi connectivity index (χ1v) is 12.8. The molecule has 0 amide bonds. The van der Waals surface area contributed by atoms with Crippen LogP contribution in [0, 0.1) is 5.82 Å². The van der Waals surface area contributed by atoms with E-state index in [0.29, 0.717) is 16.9 Å². The number of hydrogen-bond acceptors (Lipinski definition) is 7. The fourth-order valence-electron chi connectivity index (χ4n) is 5.40. The molecule has 190 valence electrons. The van der Waals surface area contributed by atoms with E-state index in [1.807, 2.05) is 36.4 Å². The molecule has 2 aliphatic rings. The molecule has 8 heteroatoms. The molecule has 0 saturated carbocycles. The summed E-state index contributed by atoms with van der Waals surface area (Å²) in [5.74, 6) is 0.428. The second kappa shape index (κ2) is 9.52. The van der Waals surface area contributed by atoms with Crippen molar-refractivity contribution in [3.63, 3.8) is 0 Å². The van der Waals surface area contributed by atoms with Gasteiger partial charge in [0.15, 0.2) is 11.5 Å². The molecule has 6 rings (SSSR count). The van der Waals surface area contributed by atoms with Crippen molar-refractivity contribution in [3.05, 3.63) is 71.5 Å². The van der Waals surface area contributed by atoms with Crippen molar-refractivity contribution >= 4 is 33.7 Å². The number of anilines is 3. The van der Waals surface area contributed by atoms with Crippen LogP contribution in [0.25, 0.3) is 22.2 Å². The van der Waals surface area contributed by atoms with Crippen molar-refractivity contribution < 1.29 is 13.7 Å². The number of piperazine rings is 1. The minimum absolute atomic E-state index is 0.000844. The zero-order valence-electron chi connectivity index (χ0n) is 21.1. The number of halogens is 1. The summed E-state index contributed by atoms with van der Waals surface area (Å²) < 4.78 is 19.3. The summed E-state index contributed by atoms with van der Waals surface area (Å²) in [6.45, 7) is 4.86. The third-order valence-corrected chi connectivity index (χ3v) is 7.29. The van der Waals surface area contributed by atoms with Gasteiger partial charge in [-0.05, 0) is 57.4 Å². The van der Waals surface area contributed by atoms with E-state index in [2.05, 4.69) is 45.3 Å². The van der Waals surface area contributed by atoms with E-state index in [0.717, 1.165) is 79.2 Å². The summed E-state index contributed by atoms with van der Waals surface area (Å²) in [4.78, 5) is 20.4. The second-order valence-corrected chi connectivity index (χ2v) is 9.96. The standard InChI is InChI=1S/C29H30FN5O2/c1-33(2)13-5-12-31-23-18-24(35-16-14-34(15-17-35)20-10-8-19(30)9-11-20)27-26-25(23)28(36)21-6-3-4-7-22(21)29(26)37-32-27/h3-4,6-11,18,31H,5,12-17H2,1-2H3. The van der Waals surface area contributed by atoms with Crippen LogP contribution in [-0.2, 0) is 0 Å². The quantitative estimate of drug-likeness (QED) is 0.321. The maximum absolute atomic E-state index is 13.7. The van der Waals surface area contributed by atoms with Gasteiger partial charge in [0.2, 0.25) is 0 Å². The number of benzene rings is 3. The van der Waals surface area contributed by atoms with Gasteiger partial charge in [-0.1, -0.05) is 29.4 Å². The highest BCUT2D eigenvalue weighted by Gasteiger charge is 2.34. The average Bonchev–Trinajstić information content (AvgIpc) is 3.36. The normalized spacial score (nSPS) is 15.0. The molecule has 7 nitrogen and oxygen atoms in total. The van der Waals surface area contributed by atoms with Gasteiger partial charge in [0.25, 0.3) is 0 Å². The summed E-state index contributed by atoms with van der Waals surface area (Å²) in [7, 11) is 4.12. The van der Waals surface area contributed by atoms with Crippen molar-refractivity contribution in [2.24, 2.45) is 0 Å². The zero-order chi connectivity index (χ0) is 25.5. The van der Waals surface area contributed by atoms with E-state index >= 15 is 0 Å². The monoisotopic (exact) mass is 499 g/mol. The van der Waals surface area contributed by atoms with Gasteiger partial charge in [0, 0.05) is 55.2 Å². The Bertz CT molecular complexity index is 1460. The number of rotatable bonds is 7. The maximum Gasteiger partial charge on any atom is 0.196 e. The fourth-order valence-corrected chi connectivity index (χ4v) is 5.40. The Labute approximate surface area is 215 Å². The number of nitrogens with one attached hydrogen (secondary N) is 1. The van der Waals surface area contributed by atoms with Crippen LogP contribution in [0.2, 0.25) is 0 Å². The summed E-state index contributed by atoms with van der Waals surface area (Å²) >= 11 is 0. The third kappa shape index (κ3) is 4.21. The Kier molecular flexibility index (Phi) is 6.04. The van der Waals surface area contributed by atoms with E-state index < -0.39 is 0 Å². The summed E-state index contributed by atoms with van der Waals surface area (Å²) in [5, 5.41) is 8.83. The Balaban J connectivity index is 1.37. The maximum atomic E-state index is 13.7. The van der Waals surface area contributed by atoms with Crippen LogP contribution in [0.5, 0.6) is 0 Å². The summed E-state index contributed by atoms with van der Waals surface area (Å²) in [6.07, 6.45) is 0.956. The molecule has 1 aliphatic heterocycles. The number of nitrogens with zero attached hydrogens (tertiary/aromatic N) is 4. The van der Waals surface area contributed by atoms with Crippen LogP contribution < -0.4 is 15.1 Å². The number of fused-ring (bicyclic) bond motifs is 2. The molecule has 1 N–H and O–H groups in total. The van der Waals surface area contributed by atoms with Crippen molar-refractivity contribution in [2.45, 2.75) is 6.42 Å². The van der Waals surface area contributed by atoms with Crippen molar-refractivity contribution in [2.75, 3.05) is 68.5 Å². The van der Waals surface area contributed by atoms with Crippen LogP contribution in [-0.4, -0.2) is 69.2 Å². The first-order chi connectivity index (χ1) is 18.0. The van der Waals surface area contributed by atoms with Crippen LogP contribution in [0.1, 0.15) is 22.3 Å². The van der Waals surface area contributed by atoms with Gasteiger partial charge >= 0.3 is 0 Å². The number of hydrogen-bond donors (Lipinski definition) is 1. The first kappa shape index (κ1) is 23.5.